The van der Waals surface area contributed by atoms with Gasteiger partial charge in [-0.15, -0.1) is 0 Å². The first-order chi connectivity index (χ1) is 11.6. The molecule has 0 radical (unpaired) electrons. The summed E-state index contributed by atoms with van der Waals surface area (Å²) in [5.41, 5.74) is 2.07. The van der Waals surface area contributed by atoms with Gasteiger partial charge in [-0.3, -0.25) is 0 Å². The number of hydrogen-bond acceptors (Lipinski definition) is 3. The van der Waals surface area contributed by atoms with Gasteiger partial charge in [-0.2, -0.15) is 0 Å². The van der Waals surface area contributed by atoms with Gasteiger partial charge in [0.1, 0.15) is 0 Å². The Labute approximate surface area is 154 Å². The molecule has 1 aliphatic carbocycles. The van der Waals surface area contributed by atoms with Crippen molar-refractivity contribution < 1.29 is 13.7 Å². The van der Waals surface area contributed by atoms with E-state index in [-0.39, 0.29) is 16.8 Å². The normalized spacial score (nSPS) is 18.4. The molecule has 0 heterocycles. The van der Waals surface area contributed by atoms with E-state index in [1.807, 2.05) is 32.9 Å². The van der Waals surface area contributed by atoms with Crippen molar-refractivity contribution in [1.82, 2.24) is 4.72 Å². The lowest BCUT2D eigenvalue weighted by atomic mass is 9.95. The van der Waals surface area contributed by atoms with Crippen LogP contribution in [-0.2, 0) is 15.7 Å². The van der Waals surface area contributed by atoms with E-state index in [2.05, 4.69) is 11.6 Å². The first kappa shape index (κ1) is 20.1. The van der Waals surface area contributed by atoms with Gasteiger partial charge in [-0.1, -0.05) is 19.1 Å². The molecule has 1 aliphatic rings. The Balaban J connectivity index is 2.12. The summed E-state index contributed by atoms with van der Waals surface area (Å²) in [4.78, 5) is 11.8. The van der Waals surface area contributed by atoms with Gasteiger partial charge >= 0.3 is 5.97 Å². The third-order valence-electron chi connectivity index (χ3n) is 4.77. The molecule has 1 aromatic carbocycles. The zero-order chi connectivity index (χ0) is 18.7. The molecule has 1 aromatic rings. The van der Waals surface area contributed by atoms with E-state index in [1.165, 1.54) is 12.8 Å². The maximum atomic E-state index is 12.6. The van der Waals surface area contributed by atoms with Gasteiger partial charge in [-0.25, -0.2) is 13.7 Å². The largest absolute Gasteiger partial charge is 0.462 e. The molecule has 5 heteroatoms. The zero-order valence-corrected chi connectivity index (χ0v) is 16.9. The third-order valence-corrected chi connectivity index (χ3v) is 6.38. The number of hydrogen-bond donors (Lipinski definition) is 1. The van der Waals surface area contributed by atoms with Gasteiger partial charge in [0.15, 0.2) is 0 Å². The lowest BCUT2D eigenvalue weighted by Gasteiger charge is -2.25. The Morgan fingerprint density at radius 3 is 2.36 bits per heavy atom. The molecule has 0 amide bonds. The minimum atomic E-state index is -1.13. The summed E-state index contributed by atoms with van der Waals surface area (Å²) in [6.45, 7) is 10.4. The van der Waals surface area contributed by atoms with Crippen LogP contribution in [-0.4, -0.2) is 21.5 Å². The number of esters is 1. The number of nitrogens with one attached hydrogen (secondary N) is 1. The predicted molar refractivity (Wildman–Crippen MR) is 103 cm³/mol. The van der Waals surface area contributed by atoms with Crippen LogP contribution in [0.2, 0.25) is 0 Å². The van der Waals surface area contributed by atoms with Crippen LogP contribution in [0, 0.1) is 5.41 Å². The smallest absolute Gasteiger partial charge is 0.338 e. The van der Waals surface area contributed by atoms with E-state index in [9.17, 15) is 9.00 Å². The number of benzene rings is 1. The lowest BCUT2D eigenvalue weighted by molar-refractivity contribution is 0.0526. The number of carbonyl (C=O) groups is 1. The summed E-state index contributed by atoms with van der Waals surface area (Å²) in [7, 11) is -1.13. The number of rotatable bonds is 8. The van der Waals surface area contributed by atoms with Gasteiger partial charge in [0.05, 0.1) is 27.9 Å². The molecule has 25 heavy (non-hydrogen) atoms. The van der Waals surface area contributed by atoms with E-state index in [4.69, 9.17) is 4.74 Å². The highest BCUT2D eigenvalue weighted by atomic mass is 32.2. The van der Waals surface area contributed by atoms with Crippen molar-refractivity contribution in [3.63, 3.8) is 0 Å². The van der Waals surface area contributed by atoms with E-state index in [0.29, 0.717) is 17.6 Å². The third kappa shape index (κ3) is 5.93. The predicted octanol–water partition coefficient (Wildman–Crippen LogP) is 4.54. The second-order valence-corrected chi connectivity index (χ2v) is 10.2. The summed E-state index contributed by atoms with van der Waals surface area (Å²) in [6, 6.07) is 7.49. The summed E-state index contributed by atoms with van der Waals surface area (Å²) in [5.74, 6) is -0.303. The van der Waals surface area contributed by atoms with Gasteiger partial charge < -0.3 is 4.74 Å². The summed E-state index contributed by atoms with van der Waals surface area (Å²) in [6.07, 6.45) is 4.62. The topological polar surface area (TPSA) is 55.4 Å². The molecule has 0 aliphatic heterocycles. The maximum Gasteiger partial charge on any atom is 0.338 e. The van der Waals surface area contributed by atoms with Crippen LogP contribution in [0.3, 0.4) is 0 Å². The van der Waals surface area contributed by atoms with Crippen molar-refractivity contribution in [3.8, 4) is 0 Å². The number of ether oxygens (including phenoxy) is 1. The molecule has 0 spiro atoms. The average Bonchev–Trinajstić information content (AvgIpc) is 3.28. The average molecular weight is 366 g/mol. The Hall–Kier alpha value is -1.20. The zero-order valence-electron chi connectivity index (χ0n) is 16.1. The Bertz CT molecular complexity index is 615. The van der Waals surface area contributed by atoms with Crippen LogP contribution in [0.5, 0.6) is 0 Å². The van der Waals surface area contributed by atoms with E-state index in [1.54, 1.807) is 19.1 Å². The maximum absolute atomic E-state index is 12.6. The Morgan fingerprint density at radius 2 is 1.88 bits per heavy atom. The molecule has 2 rings (SSSR count). The minimum Gasteiger partial charge on any atom is -0.462 e. The van der Waals surface area contributed by atoms with Gasteiger partial charge in [0.25, 0.3) is 0 Å². The quantitative estimate of drug-likeness (QED) is 0.688. The molecule has 1 fully saturated rings. The second kappa shape index (κ2) is 8.00. The minimum absolute atomic E-state index is 0.0220. The van der Waals surface area contributed by atoms with Crippen molar-refractivity contribution in [3.05, 3.63) is 35.4 Å². The molecule has 1 N–H and O–H groups in total. The van der Waals surface area contributed by atoms with E-state index in [0.717, 1.165) is 18.4 Å². The van der Waals surface area contributed by atoms with Crippen molar-refractivity contribution in [2.75, 3.05) is 6.61 Å². The van der Waals surface area contributed by atoms with Crippen LogP contribution >= 0.6 is 0 Å². The van der Waals surface area contributed by atoms with Crippen LogP contribution in [0.15, 0.2) is 24.3 Å². The summed E-state index contributed by atoms with van der Waals surface area (Å²) >= 11 is 0. The molecule has 0 bridgehead atoms. The highest BCUT2D eigenvalue weighted by Gasteiger charge is 2.37. The number of carbonyl (C=O) groups excluding carboxylic acids is 1. The van der Waals surface area contributed by atoms with Crippen LogP contribution in [0.1, 0.15) is 82.3 Å². The highest BCUT2D eigenvalue weighted by molar-refractivity contribution is 7.84. The van der Waals surface area contributed by atoms with Crippen LogP contribution < -0.4 is 4.72 Å². The van der Waals surface area contributed by atoms with Gasteiger partial charge in [-0.05, 0) is 76.5 Å². The van der Waals surface area contributed by atoms with E-state index >= 15 is 0 Å². The second-order valence-electron chi connectivity index (χ2n) is 8.24. The first-order valence-corrected chi connectivity index (χ1v) is 10.2. The van der Waals surface area contributed by atoms with Crippen LogP contribution in [0.25, 0.3) is 0 Å². The first-order valence-electron chi connectivity index (χ1n) is 9.10. The molecule has 140 valence electrons. The van der Waals surface area contributed by atoms with Crippen molar-refractivity contribution in [1.29, 1.82) is 0 Å². The molecule has 1 saturated carbocycles. The standard InChI is InChI=1S/C20H31NO3S/c1-6-24-18(22)16-9-7-15(8-10-16)17(11-12-20(5)13-14-20)21-25(23)19(2,3)4/h7-10,17,21H,6,11-14H2,1-5H3/t17-,25-/m0/s1. The van der Waals surface area contributed by atoms with Gasteiger partial charge in [0.2, 0.25) is 0 Å². The fraction of sp³-hybridized carbons (Fsp3) is 0.650. The van der Waals surface area contributed by atoms with E-state index < -0.39 is 11.0 Å². The monoisotopic (exact) mass is 365 g/mol. The molecule has 0 unspecified atom stereocenters. The van der Waals surface area contributed by atoms with Crippen molar-refractivity contribution >= 4 is 17.0 Å². The summed E-state index contributed by atoms with van der Waals surface area (Å²) < 4.78 is 20.6. The Kier molecular flexibility index (Phi) is 6.44. The molecule has 0 aromatic heterocycles. The van der Waals surface area contributed by atoms with Crippen molar-refractivity contribution in [2.45, 2.75) is 71.1 Å². The lowest BCUT2D eigenvalue weighted by Crippen LogP contribution is -2.36. The molecule has 2 atom stereocenters. The van der Waals surface area contributed by atoms with Gasteiger partial charge in [0, 0.05) is 6.04 Å². The molecular formula is C20H31NO3S. The fourth-order valence-corrected chi connectivity index (χ4v) is 3.49. The van der Waals surface area contributed by atoms with Crippen LogP contribution in [0.4, 0.5) is 0 Å². The fourth-order valence-electron chi connectivity index (χ4n) is 2.62. The molecule has 0 saturated heterocycles. The molecular weight excluding hydrogens is 334 g/mol. The SMILES string of the molecule is CCOC(=O)c1ccc([C@H](CCC2(C)CC2)N[S@@](=O)C(C)(C)C)cc1. The Morgan fingerprint density at radius 1 is 1.28 bits per heavy atom. The van der Waals surface area contributed by atoms with Crippen molar-refractivity contribution in [2.24, 2.45) is 5.41 Å². The highest BCUT2D eigenvalue weighted by Crippen LogP contribution is 2.50. The molecule has 4 nitrogen and oxygen atoms in total. The summed E-state index contributed by atoms with van der Waals surface area (Å²) in [5, 5.41) is 0.